The first kappa shape index (κ1) is 12.4. The maximum Gasteiger partial charge on any atom is 0.233 e. The van der Waals surface area contributed by atoms with Crippen LogP contribution in [-0.4, -0.2) is 11.6 Å². The molecule has 0 radical (unpaired) electrons. The van der Waals surface area contributed by atoms with Crippen LogP contribution in [0, 0.1) is 6.92 Å². The molecule has 0 atom stereocenters. The van der Waals surface area contributed by atoms with Gasteiger partial charge >= 0.3 is 0 Å². The molecule has 2 aromatic rings. The standard InChI is InChI=1S/C17H12O3/c1-11-6-8-12(9-7-11)20-16-10-15(18)17(19)14-5-3-2-4-13(14)16/h2-10H,1H3. The number of hydrogen-bond donors (Lipinski definition) is 0. The number of rotatable bonds is 2. The van der Waals surface area contributed by atoms with Crippen LogP contribution in [0.25, 0.3) is 5.76 Å². The van der Waals surface area contributed by atoms with Crippen molar-refractivity contribution in [2.45, 2.75) is 6.92 Å². The lowest BCUT2D eigenvalue weighted by Gasteiger charge is -2.16. The highest BCUT2D eigenvalue weighted by atomic mass is 16.5. The molecule has 0 unspecified atom stereocenters. The lowest BCUT2D eigenvalue weighted by Crippen LogP contribution is -2.20. The van der Waals surface area contributed by atoms with Gasteiger partial charge in [0.2, 0.25) is 11.6 Å². The van der Waals surface area contributed by atoms with E-state index in [9.17, 15) is 9.59 Å². The molecule has 0 aliphatic heterocycles. The van der Waals surface area contributed by atoms with Gasteiger partial charge in [-0.15, -0.1) is 0 Å². The second kappa shape index (κ2) is 4.78. The number of aryl methyl sites for hydroxylation is 1. The third-order valence-electron chi connectivity index (χ3n) is 3.17. The number of carbonyl (C=O) groups is 2. The predicted octanol–water partition coefficient (Wildman–Crippen LogP) is 3.18. The van der Waals surface area contributed by atoms with Gasteiger partial charge in [0.05, 0.1) is 0 Å². The summed E-state index contributed by atoms with van der Waals surface area (Å²) in [6.45, 7) is 1.99. The fraction of sp³-hybridized carbons (Fsp3) is 0.0588. The number of hydrogen-bond acceptors (Lipinski definition) is 3. The minimum atomic E-state index is -0.550. The molecule has 20 heavy (non-hydrogen) atoms. The molecule has 3 rings (SSSR count). The Hall–Kier alpha value is -2.68. The third-order valence-corrected chi connectivity index (χ3v) is 3.17. The summed E-state index contributed by atoms with van der Waals surface area (Å²) in [6.07, 6.45) is 1.25. The Labute approximate surface area is 116 Å². The van der Waals surface area contributed by atoms with Gasteiger partial charge in [-0.2, -0.15) is 0 Å². The highest BCUT2D eigenvalue weighted by Crippen LogP contribution is 2.27. The molecule has 0 spiro atoms. The van der Waals surface area contributed by atoms with E-state index >= 15 is 0 Å². The van der Waals surface area contributed by atoms with E-state index in [-0.39, 0.29) is 0 Å². The normalized spacial score (nSPS) is 13.8. The summed E-state index contributed by atoms with van der Waals surface area (Å²) >= 11 is 0. The zero-order valence-electron chi connectivity index (χ0n) is 10.9. The first-order chi connectivity index (χ1) is 9.65. The van der Waals surface area contributed by atoms with Crippen LogP contribution < -0.4 is 4.74 Å². The van der Waals surface area contributed by atoms with Crippen LogP contribution in [0.15, 0.2) is 54.6 Å². The van der Waals surface area contributed by atoms with Crippen LogP contribution in [0.4, 0.5) is 0 Å². The van der Waals surface area contributed by atoms with Gasteiger partial charge in [0.25, 0.3) is 0 Å². The summed E-state index contributed by atoms with van der Waals surface area (Å²) < 4.78 is 5.74. The number of fused-ring (bicyclic) bond motifs is 1. The van der Waals surface area contributed by atoms with Crippen LogP contribution in [0.3, 0.4) is 0 Å². The first-order valence-electron chi connectivity index (χ1n) is 6.29. The molecule has 0 bridgehead atoms. The smallest absolute Gasteiger partial charge is 0.233 e. The second-order valence-corrected chi connectivity index (χ2v) is 4.66. The van der Waals surface area contributed by atoms with E-state index in [1.54, 1.807) is 18.2 Å². The van der Waals surface area contributed by atoms with Crippen LogP contribution in [0.5, 0.6) is 5.75 Å². The van der Waals surface area contributed by atoms with E-state index in [0.717, 1.165) is 5.56 Å². The first-order valence-corrected chi connectivity index (χ1v) is 6.29. The number of allylic oxidation sites excluding steroid dienone is 1. The third kappa shape index (κ3) is 2.14. The van der Waals surface area contributed by atoms with E-state index in [1.807, 2.05) is 37.3 Å². The molecule has 3 heteroatoms. The highest BCUT2D eigenvalue weighted by molar-refractivity contribution is 6.50. The molecule has 0 fully saturated rings. The average Bonchev–Trinajstić information content (AvgIpc) is 2.47. The van der Waals surface area contributed by atoms with Gasteiger partial charge in [0, 0.05) is 17.2 Å². The largest absolute Gasteiger partial charge is 0.457 e. The van der Waals surface area contributed by atoms with Gasteiger partial charge in [-0.25, -0.2) is 0 Å². The number of ketones is 2. The molecule has 0 N–H and O–H groups in total. The summed E-state index contributed by atoms with van der Waals surface area (Å²) in [7, 11) is 0. The van der Waals surface area contributed by atoms with Crippen molar-refractivity contribution >= 4 is 17.3 Å². The van der Waals surface area contributed by atoms with Gasteiger partial charge in [-0.3, -0.25) is 9.59 Å². The van der Waals surface area contributed by atoms with Gasteiger partial charge in [0.1, 0.15) is 11.5 Å². The van der Waals surface area contributed by atoms with Crippen molar-refractivity contribution in [1.29, 1.82) is 0 Å². The molecular formula is C17H12O3. The molecule has 3 nitrogen and oxygen atoms in total. The zero-order valence-corrected chi connectivity index (χ0v) is 10.9. The lowest BCUT2D eigenvalue weighted by molar-refractivity contribution is -0.111. The fourth-order valence-electron chi connectivity index (χ4n) is 2.11. The van der Waals surface area contributed by atoms with Crippen molar-refractivity contribution < 1.29 is 14.3 Å². The van der Waals surface area contributed by atoms with Crippen LogP contribution in [-0.2, 0) is 4.79 Å². The van der Waals surface area contributed by atoms with Crippen LogP contribution >= 0.6 is 0 Å². The summed E-state index contributed by atoms with van der Waals surface area (Å²) in [5.41, 5.74) is 2.17. The lowest BCUT2D eigenvalue weighted by atomic mass is 9.94. The predicted molar refractivity (Wildman–Crippen MR) is 75.6 cm³/mol. The van der Waals surface area contributed by atoms with Crippen LogP contribution in [0.1, 0.15) is 21.5 Å². The summed E-state index contributed by atoms with van der Waals surface area (Å²) in [5.74, 6) is 0.00974. The number of ether oxygens (including phenoxy) is 1. The van der Waals surface area contributed by atoms with Gasteiger partial charge < -0.3 is 4.74 Å². The number of benzene rings is 2. The number of Topliss-reactive ketones (excluding diaryl/α,β-unsaturated/α-hetero) is 1. The maximum absolute atomic E-state index is 11.8. The Bertz CT molecular complexity index is 724. The van der Waals surface area contributed by atoms with Crippen molar-refractivity contribution in [2.75, 3.05) is 0 Å². The summed E-state index contributed by atoms with van der Waals surface area (Å²) in [6, 6.07) is 14.5. The van der Waals surface area contributed by atoms with E-state index in [2.05, 4.69) is 0 Å². The summed E-state index contributed by atoms with van der Waals surface area (Å²) in [5, 5.41) is 0. The topological polar surface area (TPSA) is 43.4 Å². The Morgan fingerprint density at radius 2 is 1.50 bits per heavy atom. The van der Waals surface area contributed by atoms with Crippen LogP contribution in [0.2, 0.25) is 0 Å². The average molecular weight is 264 g/mol. The van der Waals surface area contributed by atoms with Crippen molar-refractivity contribution in [3.05, 3.63) is 71.3 Å². The quantitative estimate of drug-likeness (QED) is 0.782. The zero-order chi connectivity index (χ0) is 14.1. The van der Waals surface area contributed by atoms with E-state index in [0.29, 0.717) is 22.6 Å². The van der Waals surface area contributed by atoms with Gasteiger partial charge in [-0.05, 0) is 19.1 Å². The molecule has 1 aliphatic carbocycles. The molecule has 0 saturated carbocycles. The van der Waals surface area contributed by atoms with Gasteiger partial charge in [0.15, 0.2) is 0 Å². The van der Waals surface area contributed by atoms with Crippen molar-refractivity contribution in [3.63, 3.8) is 0 Å². The molecular weight excluding hydrogens is 252 g/mol. The monoisotopic (exact) mass is 264 g/mol. The van der Waals surface area contributed by atoms with Gasteiger partial charge in [-0.1, -0.05) is 42.0 Å². The van der Waals surface area contributed by atoms with Crippen molar-refractivity contribution in [1.82, 2.24) is 0 Å². The molecule has 0 heterocycles. The van der Waals surface area contributed by atoms with Crippen molar-refractivity contribution in [2.24, 2.45) is 0 Å². The van der Waals surface area contributed by atoms with E-state index < -0.39 is 11.6 Å². The Morgan fingerprint density at radius 3 is 2.20 bits per heavy atom. The molecule has 0 saturated heterocycles. The number of carbonyl (C=O) groups excluding carboxylic acids is 2. The summed E-state index contributed by atoms with van der Waals surface area (Å²) in [4.78, 5) is 23.5. The minimum Gasteiger partial charge on any atom is -0.457 e. The maximum atomic E-state index is 11.8. The fourth-order valence-corrected chi connectivity index (χ4v) is 2.11. The highest BCUT2D eigenvalue weighted by Gasteiger charge is 2.26. The molecule has 2 aromatic carbocycles. The Kier molecular flexibility index (Phi) is 2.95. The van der Waals surface area contributed by atoms with E-state index in [1.165, 1.54) is 6.08 Å². The minimum absolute atomic E-state index is 0.391. The molecule has 98 valence electrons. The SMILES string of the molecule is Cc1ccc(OC2=CC(=O)C(=O)c3ccccc32)cc1. The Morgan fingerprint density at radius 1 is 0.850 bits per heavy atom. The van der Waals surface area contributed by atoms with Crippen molar-refractivity contribution in [3.8, 4) is 5.75 Å². The van der Waals surface area contributed by atoms with E-state index in [4.69, 9.17) is 4.74 Å². The second-order valence-electron chi connectivity index (χ2n) is 4.66. The molecule has 0 aromatic heterocycles. The molecule has 0 amide bonds. The Balaban J connectivity index is 2.01. The molecule has 1 aliphatic rings.